The minimum absolute atomic E-state index is 0.628. The van der Waals surface area contributed by atoms with Gasteiger partial charge in [-0.15, -0.1) is 0 Å². The molecule has 0 aliphatic carbocycles. The summed E-state index contributed by atoms with van der Waals surface area (Å²) in [5.41, 5.74) is 13.4. The first-order valence-electron chi connectivity index (χ1n) is 22.3. The number of benzene rings is 9. The first kappa shape index (κ1) is 39.4. The largest absolute Gasteiger partial charge is 0.309 e. The second-order valence-electron chi connectivity index (χ2n) is 16.4. The van der Waals surface area contributed by atoms with Crippen LogP contribution in [0.2, 0.25) is 0 Å². The predicted octanol–water partition coefficient (Wildman–Crippen LogP) is 14.5. The molecule has 0 amide bonds. The normalized spacial score (nSPS) is 11.3. The Labute approximate surface area is 387 Å². The lowest BCUT2D eigenvalue weighted by Gasteiger charge is -2.10. The van der Waals surface area contributed by atoms with E-state index in [4.69, 9.17) is 29.9 Å². The summed E-state index contributed by atoms with van der Waals surface area (Å²) in [5, 5.41) is 2.34. The van der Waals surface area contributed by atoms with Gasteiger partial charge in [0.1, 0.15) is 0 Å². The van der Waals surface area contributed by atoms with E-state index >= 15 is 0 Å². The predicted molar refractivity (Wildman–Crippen MR) is 271 cm³/mol. The standard InChI is InChI=1S/C60H39N7/c1-6-16-42(17-7-1)55-61-56(43-18-8-2-9-19-43)64-59(63-55)46-30-26-40(27-31-46)48-34-36-53-51(38-48)52-39-49(35-37-54(52)67(53)50-24-14-5-15-25-50)41-28-32-47(33-29-41)60-65-57(44-20-10-3-11-21-44)62-58(66-60)45-22-12-4-13-23-45/h1-39H. The highest BCUT2D eigenvalue weighted by Gasteiger charge is 2.17. The van der Waals surface area contributed by atoms with Crippen molar-refractivity contribution in [3.8, 4) is 96.3 Å². The monoisotopic (exact) mass is 857 g/mol. The van der Waals surface area contributed by atoms with Crippen LogP contribution in [0, 0.1) is 0 Å². The molecule has 0 saturated carbocycles. The van der Waals surface area contributed by atoms with Crippen LogP contribution in [0.25, 0.3) is 118 Å². The summed E-state index contributed by atoms with van der Waals surface area (Å²) in [6, 6.07) is 81.5. The van der Waals surface area contributed by atoms with Crippen LogP contribution in [0.15, 0.2) is 237 Å². The Kier molecular flexibility index (Phi) is 10.0. The van der Waals surface area contributed by atoms with Crippen LogP contribution in [-0.2, 0) is 0 Å². The molecule has 0 unspecified atom stereocenters. The highest BCUT2D eigenvalue weighted by molar-refractivity contribution is 6.11. The number of nitrogens with zero attached hydrogens (tertiary/aromatic N) is 7. The summed E-state index contributed by atoms with van der Waals surface area (Å²) >= 11 is 0. The first-order valence-corrected chi connectivity index (χ1v) is 22.3. The SMILES string of the molecule is c1ccc(-c2nc(-c3ccccc3)nc(-c3ccc(-c4ccc5c(c4)c4cc(-c6ccc(-c7nc(-c8ccccc8)nc(-c8ccccc8)n7)cc6)ccc4n5-c4ccccc4)cc3)n2)cc1. The topological polar surface area (TPSA) is 82.3 Å². The quantitative estimate of drug-likeness (QED) is 0.144. The number of para-hydroxylation sites is 1. The Balaban J connectivity index is 0.916. The Morgan fingerprint density at radius 1 is 0.209 bits per heavy atom. The zero-order chi connectivity index (χ0) is 44.5. The van der Waals surface area contributed by atoms with Gasteiger partial charge in [0.15, 0.2) is 34.9 Å². The Morgan fingerprint density at radius 3 is 0.746 bits per heavy atom. The lowest BCUT2D eigenvalue weighted by molar-refractivity contribution is 1.07. The fourth-order valence-electron chi connectivity index (χ4n) is 8.74. The van der Waals surface area contributed by atoms with Crippen molar-refractivity contribution in [2.45, 2.75) is 0 Å². The van der Waals surface area contributed by atoms with Crippen molar-refractivity contribution in [1.29, 1.82) is 0 Å². The molecule has 3 heterocycles. The van der Waals surface area contributed by atoms with Gasteiger partial charge in [0.2, 0.25) is 0 Å². The van der Waals surface area contributed by atoms with Crippen molar-refractivity contribution in [3.63, 3.8) is 0 Å². The fraction of sp³-hybridized carbons (Fsp3) is 0. The van der Waals surface area contributed by atoms with Crippen LogP contribution in [0.4, 0.5) is 0 Å². The number of aromatic nitrogens is 7. The molecule has 7 nitrogen and oxygen atoms in total. The molecule has 12 aromatic rings. The number of fused-ring (bicyclic) bond motifs is 3. The van der Waals surface area contributed by atoms with Crippen molar-refractivity contribution in [3.05, 3.63) is 237 Å². The molecular weight excluding hydrogens is 819 g/mol. The van der Waals surface area contributed by atoms with Gasteiger partial charge in [-0.2, -0.15) is 0 Å². The first-order chi connectivity index (χ1) is 33.2. The molecule has 12 rings (SSSR count). The maximum Gasteiger partial charge on any atom is 0.164 e. The van der Waals surface area contributed by atoms with Crippen LogP contribution < -0.4 is 0 Å². The molecule has 0 fully saturated rings. The van der Waals surface area contributed by atoms with E-state index in [-0.39, 0.29) is 0 Å². The van der Waals surface area contributed by atoms with Gasteiger partial charge in [0, 0.05) is 49.8 Å². The van der Waals surface area contributed by atoms with E-state index in [9.17, 15) is 0 Å². The molecule has 0 bridgehead atoms. The Morgan fingerprint density at radius 2 is 0.448 bits per heavy atom. The van der Waals surface area contributed by atoms with Gasteiger partial charge < -0.3 is 4.57 Å². The smallest absolute Gasteiger partial charge is 0.164 e. The minimum Gasteiger partial charge on any atom is -0.309 e. The van der Waals surface area contributed by atoms with Gasteiger partial charge in [-0.25, -0.2) is 29.9 Å². The van der Waals surface area contributed by atoms with E-state index < -0.39 is 0 Å². The molecule has 0 radical (unpaired) electrons. The maximum atomic E-state index is 4.96. The van der Waals surface area contributed by atoms with Crippen molar-refractivity contribution in [2.75, 3.05) is 0 Å². The molecule has 314 valence electrons. The molecule has 0 N–H and O–H groups in total. The lowest BCUT2D eigenvalue weighted by Crippen LogP contribution is -2.00. The van der Waals surface area contributed by atoms with E-state index in [0.717, 1.165) is 72.4 Å². The van der Waals surface area contributed by atoms with Gasteiger partial charge in [0.05, 0.1) is 11.0 Å². The minimum atomic E-state index is 0.628. The van der Waals surface area contributed by atoms with Gasteiger partial charge in [-0.05, 0) is 58.7 Å². The number of hydrogen-bond acceptors (Lipinski definition) is 6. The van der Waals surface area contributed by atoms with Crippen molar-refractivity contribution in [2.24, 2.45) is 0 Å². The maximum absolute atomic E-state index is 4.96. The molecule has 3 aromatic heterocycles. The molecule has 0 saturated heterocycles. The van der Waals surface area contributed by atoms with Crippen molar-refractivity contribution < 1.29 is 0 Å². The third kappa shape index (κ3) is 7.70. The van der Waals surface area contributed by atoms with Gasteiger partial charge >= 0.3 is 0 Å². The number of rotatable bonds is 9. The van der Waals surface area contributed by atoms with E-state index in [0.29, 0.717) is 34.9 Å². The molecule has 0 aliphatic rings. The molecule has 0 aliphatic heterocycles. The highest BCUT2D eigenvalue weighted by atomic mass is 15.0. The van der Waals surface area contributed by atoms with Crippen molar-refractivity contribution in [1.82, 2.24) is 34.5 Å². The van der Waals surface area contributed by atoms with Crippen LogP contribution in [0.3, 0.4) is 0 Å². The second-order valence-corrected chi connectivity index (χ2v) is 16.4. The third-order valence-corrected chi connectivity index (χ3v) is 12.1. The average Bonchev–Trinajstić information content (AvgIpc) is 3.75. The van der Waals surface area contributed by atoms with Crippen LogP contribution >= 0.6 is 0 Å². The van der Waals surface area contributed by atoms with E-state index in [2.05, 4.69) is 120 Å². The van der Waals surface area contributed by atoms with E-state index in [1.54, 1.807) is 0 Å². The molecule has 0 atom stereocenters. The molecule has 0 spiro atoms. The van der Waals surface area contributed by atoms with Gasteiger partial charge in [-0.3, -0.25) is 0 Å². The zero-order valence-electron chi connectivity index (χ0n) is 36.1. The second kappa shape index (κ2) is 17.1. The Hall–Kier alpha value is -9.20. The van der Waals surface area contributed by atoms with Crippen LogP contribution in [-0.4, -0.2) is 34.5 Å². The summed E-state index contributed by atoms with van der Waals surface area (Å²) < 4.78 is 2.36. The number of hydrogen-bond donors (Lipinski definition) is 0. The Bertz CT molecular complexity index is 3350. The lowest BCUT2D eigenvalue weighted by atomic mass is 9.99. The molecule has 67 heavy (non-hydrogen) atoms. The highest BCUT2D eigenvalue weighted by Crippen LogP contribution is 2.38. The molecule has 7 heteroatoms. The summed E-state index contributed by atoms with van der Waals surface area (Å²) in [7, 11) is 0. The van der Waals surface area contributed by atoms with Gasteiger partial charge in [-0.1, -0.05) is 200 Å². The summed E-state index contributed by atoms with van der Waals surface area (Å²) in [6.45, 7) is 0. The van der Waals surface area contributed by atoms with E-state index in [1.807, 2.05) is 121 Å². The fourth-order valence-corrected chi connectivity index (χ4v) is 8.74. The zero-order valence-corrected chi connectivity index (χ0v) is 36.1. The van der Waals surface area contributed by atoms with E-state index in [1.165, 1.54) is 10.8 Å². The average molecular weight is 858 g/mol. The van der Waals surface area contributed by atoms with Gasteiger partial charge in [0.25, 0.3) is 0 Å². The van der Waals surface area contributed by atoms with Crippen LogP contribution in [0.5, 0.6) is 0 Å². The molecular formula is C60H39N7. The molecule has 9 aromatic carbocycles. The summed E-state index contributed by atoms with van der Waals surface area (Å²) in [6.07, 6.45) is 0. The third-order valence-electron chi connectivity index (χ3n) is 12.1. The van der Waals surface area contributed by atoms with Crippen LogP contribution in [0.1, 0.15) is 0 Å². The van der Waals surface area contributed by atoms with Crippen molar-refractivity contribution >= 4 is 21.8 Å². The summed E-state index contributed by atoms with van der Waals surface area (Å²) in [5.74, 6) is 3.82. The summed E-state index contributed by atoms with van der Waals surface area (Å²) in [4.78, 5) is 29.6.